The number of amides is 2. The van der Waals surface area contributed by atoms with E-state index < -0.39 is 5.82 Å². The fraction of sp³-hybridized carbons (Fsp3) is 0.417. The van der Waals surface area contributed by atoms with Crippen LogP contribution in [-0.4, -0.2) is 18.7 Å². The SMILES string of the molecule is CCN1SCc2c1c(Cl)cc(F)c2N1NC(=O)NC1C. The van der Waals surface area contributed by atoms with Crippen LogP contribution in [0.2, 0.25) is 5.02 Å². The molecule has 0 saturated carbocycles. The molecule has 1 atom stereocenters. The molecule has 8 heteroatoms. The van der Waals surface area contributed by atoms with E-state index in [1.807, 2.05) is 11.2 Å². The number of hydrazine groups is 1. The zero-order chi connectivity index (χ0) is 14.4. The summed E-state index contributed by atoms with van der Waals surface area (Å²) in [7, 11) is 0. The first kappa shape index (κ1) is 13.6. The van der Waals surface area contributed by atoms with Crippen molar-refractivity contribution >= 4 is 41.0 Å². The molecule has 2 heterocycles. The van der Waals surface area contributed by atoms with E-state index in [1.165, 1.54) is 11.1 Å². The fourth-order valence-corrected chi connectivity index (χ4v) is 3.95. The minimum atomic E-state index is -0.428. The van der Waals surface area contributed by atoms with Crippen LogP contribution in [0.3, 0.4) is 0 Å². The number of benzene rings is 1. The number of hydrogen-bond donors (Lipinski definition) is 2. The number of halogens is 2. The molecule has 1 unspecified atom stereocenters. The minimum absolute atomic E-state index is 0.317. The Bertz CT molecular complexity index is 585. The lowest BCUT2D eigenvalue weighted by Crippen LogP contribution is -2.39. The van der Waals surface area contributed by atoms with Crippen LogP contribution in [0, 0.1) is 5.82 Å². The third kappa shape index (κ3) is 1.96. The Balaban J connectivity index is 2.13. The number of rotatable bonds is 2. The molecule has 0 spiro atoms. The van der Waals surface area contributed by atoms with Gasteiger partial charge in [0.1, 0.15) is 17.7 Å². The van der Waals surface area contributed by atoms with Crippen LogP contribution in [0.4, 0.5) is 20.6 Å². The molecule has 3 rings (SSSR count). The van der Waals surface area contributed by atoms with Gasteiger partial charge in [-0.15, -0.1) is 0 Å². The second-order valence-corrected chi connectivity index (χ2v) is 6.01. The highest BCUT2D eigenvalue weighted by molar-refractivity contribution is 8.00. The van der Waals surface area contributed by atoms with Gasteiger partial charge >= 0.3 is 6.03 Å². The molecule has 0 aromatic heterocycles. The van der Waals surface area contributed by atoms with Crippen molar-refractivity contribution in [2.45, 2.75) is 25.8 Å². The van der Waals surface area contributed by atoms with Gasteiger partial charge in [-0.3, -0.25) is 5.01 Å². The fourth-order valence-electron chi connectivity index (χ4n) is 2.51. The number of hydrogen-bond acceptors (Lipinski definition) is 4. The topological polar surface area (TPSA) is 47.6 Å². The maximum atomic E-state index is 14.4. The summed E-state index contributed by atoms with van der Waals surface area (Å²) in [4.78, 5) is 11.4. The average molecular weight is 317 g/mol. The number of fused-ring (bicyclic) bond motifs is 1. The lowest BCUT2D eigenvalue weighted by Gasteiger charge is -2.25. The summed E-state index contributed by atoms with van der Waals surface area (Å²) >= 11 is 7.77. The number of nitrogens with zero attached hydrogens (tertiary/aromatic N) is 2. The Morgan fingerprint density at radius 2 is 2.30 bits per heavy atom. The number of anilines is 2. The summed E-state index contributed by atoms with van der Waals surface area (Å²) in [6.07, 6.45) is -0.317. The monoisotopic (exact) mass is 316 g/mol. The molecular weight excluding hydrogens is 303 g/mol. The van der Waals surface area contributed by atoms with Crippen molar-refractivity contribution in [2.75, 3.05) is 15.9 Å². The zero-order valence-electron chi connectivity index (χ0n) is 11.0. The normalized spacial score (nSPS) is 21.0. The highest BCUT2D eigenvalue weighted by Gasteiger charge is 2.35. The smallest absolute Gasteiger partial charge is 0.315 e. The highest BCUT2D eigenvalue weighted by atomic mass is 35.5. The van der Waals surface area contributed by atoms with E-state index in [0.717, 1.165) is 17.8 Å². The van der Waals surface area contributed by atoms with Gasteiger partial charge < -0.3 is 9.62 Å². The van der Waals surface area contributed by atoms with Gasteiger partial charge in [0.05, 0.1) is 10.7 Å². The van der Waals surface area contributed by atoms with Crippen molar-refractivity contribution in [3.63, 3.8) is 0 Å². The molecule has 2 aliphatic rings. The molecule has 1 fully saturated rings. The van der Waals surface area contributed by atoms with Crippen LogP contribution < -0.4 is 20.1 Å². The molecule has 0 aliphatic carbocycles. The maximum absolute atomic E-state index is 14.4. The molecular formula is C12H14ClFN4OS. The number of nitrogens with one attached hydrogen (secondary N) is 2. The Labute approximate surface area is 125 Å². The molecule has 2 amide bonds. The predicted molar refractivity (Wildman–Crippen MR) is 79.3 cm³/mol. The summed E-state index contributed by atoms with van der Waals surface area (Å²) in [5.74, 6) is 0.206. The number of carbonyl (C=O) groups is 1. The van der Waals surface area contributed by atoms with Crippen LogP contribution in [-0.2, 0) is 5.75 Å². The van der Waals surface area contributed by atoms with Crippen molar-refractivity contribution in [3.8, 4) is 0 Å². The summed E-state index contributed by atoms with van der Waals surface area (Å²) in [6.45, 7) is 4.59. The van der Waals surface area contributed by atoms with Crippen LogP contribution in [0.15, 0.2) is 6.07 Å². The van der Waals surface area contributed by atoms with E-state index in [9.17, 15) is 9.18 Å². The molecule has 20 heavy (non-hydrogen) atoms. The zero-order valence-corrected chi connectivity index (χ0v) is 12.6. The molecule has 1 aromatic rings. The summed E-state index contributed by atoms with van der Waals surface area (Å²) in [5, 5.41) is 4.60. The van der Waals surface area contributed by atoms with Gasteiger partial charge in [-0.25, -0.2) is 14.6 Å². The molecule has 1 saturated heterocycles. The van der Waals surface area contributed by atoms with Crippen molar-refractivity contribution < 1.29 is 9.18 Å². The van der Waals surface area contributed by atoms with Gasteiger partial charge in [-0.2, -0.15) is 0 Å². The summed E-state index contributed by atoms with van der Waals surface area (Å²) < 4.78 is 16.4. The van der Waals surface area contributed by atoms with Gasteiger partial charge in [0.15, 0.2) is 0 Å². The Kier molecular flexibility index (Phi) is 3.33. The van der Waals surface area contributed by atoms with Crippen LogP contribution in [0.1, 0.15) is 19.4 Å². The third-order valence-electron chi connectivity index (χ3n) is 3.37. The Morgan fingerprint density at radius 3 is 2.90 bits per heavy atom. The largest absolute Gasteiger partial charge is 0.335 e. The third-order valence-corrected chi connectivity index (χ3v) is 4.83. The summed E-state index contributed by atoms with van der Waals surface area (Å²) in [6, 6.07) is 0.972. The van der Waals surface area contributed by atoms with Crippen LogP contribution in [0.5, 0.6) is 0 Å². The number of carbonyl (C=O) groups excluding carboxylic acids is 1. The van der Waals surface area contributed by atoms with E-state index in [-0.39, 0.29) is 12.2 Å². The molecule has 0 bridgehead atoms. The number of urea groups is 1. The van der Waals surface area contributed by atoms with Crippen molar-refractivity contribution in [1.29, 1.82) is 0 Å². The molecule has 2 N–H and O–H groups in total. The van der Waals surface area contributed by atoms with Gasteiger partial charge in [-0.05, 0) is 31.9 Å². The predicted octanol–water partition coefficient (Wildman–Crippen LogP) is 2.85. The molecule has 0 radical (unpaired) electrons. The molecule has 5 nitrogen and oxygen atoms in total. The van der Waals surface area contributed by atoms with E-state index in [1.54, 1.807) is 18.9 Å². The molecule has 108 valence electrons. The maximum Gasteiger partial charge on any atom is 0.335 e. The molecule has 1 aromatic carbocycles. The van der Waals surface area contributed by atoms with Gasteiger partial charge in [0.2, 0.25) is 0 Å². The first-order chi connectivity index (χ1) is 9.52. The first-order valence-corrected chi connectivity index (χ1v) is 7.62. The minimum Gasteiger partial charge on any atom is -0.315 e. The lowest BCUT2D eigenvalue weighted by atomic mass is 10.1. The summed E-state index contributed by atoms with van der Waals surface area (Å²) in [5.41, 5.74) is 4.66. The van der Waals surface area contributed by atoms with Crippen molar-refractivity contribution in [1.82, 2.24) is 10.7 Å². The average Bonchev–Trinajstić information content (AvgIpc) is 2.94. The van der Waals surface area contributed by atoms with E-state index in [0.29, 0.717) is 16.5 Å². The van der Waals surface area contributed by atoms with Crippen LogP contribution >= 0.6 is 23.5 Å². The lowest BCUT2D eigenvalue weighted by molar-refractivity contribution is 0.247. The highest BCUT2D eigenvalue weighted by Crippen LogP contribution is 2.48. The van der Waals surface area contributed by atoms with Crippen LogP contribution in [0.25, 0.3) is 0 Å². The quantitative estimate of drug-likeness (QED) is 0.824. The van der Waals surface area contributed by atoms with E-state index >= 15 is 0 Å². The first-order valence-electron chi connectivity index (χ1n) is 6.30. The second kappa shape index (κ2) is 4.89. The second-order valence-electron chi connectivity index (χ2n) is 4.62. The Hall–Kier alpha value is -1.34. The van der Waals surface area contributed by atoms with E-state index in [2.05, 4.69) is 10.7 Å². The van der Waals surface area contributed by atoms with Gasteiger partial charge in [0, 0.05) is 17.9 Å². The van der Waals surface area contributed by atoms with E-state index in [4.69, 9.17) is 11.6 Å². The Morgan fingerprint density at radius 1 is 1.55 bits per heavy atom. The molecule has 2 aliphatic heterocycles. The van der Waals surface area contributed by atoms with Crippen molar-refractivity contribution in [3.05, 3.63) is 22.5 Å². The van der Waals surface area contributed by atoms with Crippen molar-refractivity contribution in [2.24, 2.45) is 0 Å². The van der Waals surface area contributed by atoms with Gasteiger partial charge in [-0.1, -0.05) is 11.6 Å². The van der Waals surface area contributed by atoms with Gasteiger partial charge in [0.25, 0.3) is 0 Å². The standard InChI is InChI=1S/C12H14ClFN4OS/c1-3-17-10-7(5-20-17)11(9(14)4-8(10)13)18-6(2)15-12(19)16-18/h4,6H,3,5H2,1-2H3,(H2,15,16,19).